The molecule has 1 aliphatic rings. The van der Waals surface area contributed by atoms with Crippen molar-refractivity contribution in [2.75, 3.05) is 11.3 Å². The maximum atomic E-state index is 13.7. The average molecular weight is 430 g/mol. The van der Waals surface area contributed by atoms with E-state index < -0.39 is 27.5 Å². The van der Waals surface area contributed by atoms with Crippen LogP contribution in [-0.4, -0.2) is 30.7 Å². The molecule has 154 valence electrons. The van der Waals surface area contributed by atoms with Crippen molar-refractivity contribution in [2.24, 2.45) is 5.10 Å². The van der Waals surface area contributed by atoms with Crippen molar-refractivity contribution in [1.82, 2.24) is 9.78 Å². The van der Waals surface area contributed by atoms with Crippen LogP contribution in [0.15, 0.2) is 69.5 Å². The summed E-state index contributed by atoms with van der Waals surface area (Å²) in [5.74, 6) is -2.01. The van der Waals surface area contributed by atoms with Gasteiger partial charge in [-0.3, -0.25) is 9.80 Å². The summed E-state index contributed by atoms with van der Waals surface area (Å²) in [4.78, 5) is 12.6. The third kappa shape index (κ3) is 3.73. The third-order valence-corrected chi connectivity index (χ3v) is 5.77. The zero-order valence-electron chi connectivity index (χ0n) is 15.7. The van der Waals surface area contributed by atoms with Gasteiger partial charge < -0.3 is 0 Å². The van der Waals surface area contributed by atoms with Crippen molar-refractivity contribution in [3.8, 4) is 5.69 Å². The van der Waals surface area contributed by atoms with E-state index in [1.807, 2.05) is 0 Å². The van der Waals surface area contributed by atoms with Crippen LogP contribution in [0.1, 0.15) is 18.2 Å². The standard InChI is InChI=1S/C20H16F2N4O3S/c1-30(28,29)15-4-2-3-13(11-15)25-10-8-19(27)20(24-25)18-7-9-23-26(18)14-5-6-16(21)17(22)12-14/h2-6,8-12,18H,7H2,1H3. The normalized spacial score (nSPS) is 16.2. The first-order chi connectivity index (χ1) is 14.2. The SMILES string of the molecule is CS(=O)(=O)c1cccc(-n2ccc(=O)c(C3CC=NN3c3ccc(F)c(F)c3)n2)c1. The van der Waals surface area contributed by atoms with Crippen molar-refractivity contribution in [1.29, 1.82) is 0 Å². The van der Waals surface area contributed by atoms with Crippen molar-refractivity contribution in [3.63, 3.8) is 0 Å². The summed E-state index contributed by atoms with van der Waals surface area (Å²) in [6, 6.07) is 10.2. The fraction of sp³-hybridized carbons (Fsp3) is 0.150. The van der Waals surface area contributed by atoms with Crippen molar-refractivity contribution in [2.45, 2.75) is 17.4 Å². The molecule has 0 N–H and O–H groups in total. The minimum atomic E-state index is -3.42. The van der Waals surface area contributed by atoms with Gasteiger partial charge in [0.25, 0.3) is 0 Å². The molecule has 10 heteroatoms. The van der Waals surface area contributed by atoms with Gasteiger partial charge in [0, 0.05) is 37.2 Å². The average Bonchev–Trinajstić information content (AvgIpc) is 3.19. The Hall–Kier alpha value is -3.40. The molecule has 1 aromatic heterocycles. The van der Waals surface area contributed by atoms with E-state index in [2.05, 4.69) is 10.2 Å². The molecule has 2 aromatic carbocycles. The monoisotopic (exact) mass is 430 g/mol. The highest BCUT2D eigenvalue weighted by molar-refractivity contribution is 7.90. The summed E-state index contributed by atoms with van der Waals surface area (Å²) in [7, 11) is -3.42. The van der Waals surface area contributed by atoms with Gasteiger partial charge in [-0.25, -0.2) is 21.9 Å². The molecule has 0 aliphatic carbocycles. The minimum absolute atomic E-state index is 0.120. The molecule has 0 radical (unpaired) electrons. The predicted molar refractivity (Wildman–Crippen MR) is 108 cm³/mol. The van der Waals surface area contributed by atoms with Gasteiger partial charge in [0.2, 0.25) is 5.43 Å². The number of aromatic nitrogens is 2. The fourth-order valence-corrected chi connectivity index (χ4v) is 3.83. The number of hydrogen-bond donors (Lipinski definition) is 0. The number of sulfone groups is 1. The molecule has 0 amide bonds. The summed E-state index contributed by atoms with van der Waals surface area (Å²) in [6.07, 6.45) is 4.44. The zero-order chi connectivity index (χ0) is 21.5. The van der Waals surface area contributed by atoms with Crippen LogP contribution in [0.5, 0.6) is 0 Å². The molecular weight excluding hydrogens is 414 g/mol. The number of hydrazone groups is 1. The summed E-state index contributed by atoms with van der Waals surface area (Å²) in [5.41, 5.74) is 0.527. The first-order valence-electron chi connectivity index (χ1n) is 8.91. The Morgan fingerprint density at radius 1 is 1.03 bits per heavy atom. The summed E-state index contributed by atoms with van der Waals surface area (Å²) in [6.45, 7) is 0. The molecule has 0 spiro atoms. The second kappa shape index (κ2) is 7.45. The van der Waals surface area contributed by atoms with E-state index in [1.165, 1.54) is 40.2 Å². The van der Waals surface area contributed by atoms with Gasteiger partial charge in [-0.15, -0.1) is 0 Å². The van der Waals surface area contributed by atoms with Gasteiger partial charge in [0.1, 0.15) is 11.7 Å². The third-order valence-electron chi connectivity index (χ3n) is 4.66. The van der Waals surface area contributed by atoms with Crippen LogP contribution in [0.4, 0.5) is 14.5 Å². The zero-order valence-corrected chi connectivity index (χ0v) is 16.6. The van der Waals surface area contributed by atoms with Gasteiger partial charge in [-0.1, -0.05) is 6.07 Å². The summed E-state index contributed by atoms with van der Waals surface area (Å²) < 4.78 is 52.0. The number of anilines is 1. The Bertz CT molecular complexity index is 1320. The van der Waals surface area contributed by atoms with Crippen LogP contribution in [0.25, 0.3) is 5.69 Å². The van der Waals surface area contributed by atoms with Gasteiger partial charge in [0.05, 0.1) is 16.3 Å². The van der Waals surface area contributed by atoms with Gasteiger partial charge in [0.15, 0.2) is 21.5 Å². The number of rotatable bonds is 4. The number of benzene rings is 2. The summed E-state index contributed by atoms with van der Waals surface area (Å²) >= 11 is 0. The molecule has 0 saturated heterocycles. The molecule has 0 saturated carbocycles. The van der Waals surface area contributed by atoms with E-state index >= 15 is 0 Å². The first-order valence-corrected chi connectivity index (χ1v) is 10.8. The van der Waals surface area contributed by atoms with Gasteiger partial charge >= 0.3 is 0 Å². The topological polar surface area (TPSA) is 84.6 Å². The Morgan fingerprint density at radius 2 is 1.83 bits per heavy atom. The molecule has 0 fully saturated rings. The minimum Gasteiger partial charge on any atom is -0.288 e. The van der Waals surface area contributed by atoms with E-state index in [9.17, 15) is 22.0 Å². The predicted octanol–water partition coefficient (Wildman–Crippen LogP) is 2.85. The van der Waals surface area contributed by atoms with Crippen LogP contribution in [-0.2, 0) is 9.84 Å². The number of nitrogens with zero attached hydrogens (tertiary/aromatic N) is 4. The molecule has 4 rings (SSSR count). The van der Waals surface area contributed by atoms with E-state index in [1.54, 1.807) is 18.3 Å². The molecule has 1 atom stereocenters. The summed E-state index contributed by atoms with van der Waals surface area (Å²) in [5, 5.41) is 9.97. The van der Waals surface area contributed by atoms with E-state index in [-0.39, 0.29) is 21.7 Å². The molecule has 1 unspecified atom stereocenters. The lowest BCUT2D eigenvalue weighted by atomic mass is 10.1. The first kappa shape index (κ1) is 19.9. The Morgan fingerprint density at radius 3 is 2.57 bits per heavy atom. The number of hydrogen-bond acceptors (Lipinski definition) is 6. The van der Waals surface area contributed by atoms with E-state index in [0.29, 0.717) is 12.1 Å². The Labute approximate surface area is 170 Å². The van der Waals surface area contributed by atoms with Crippen LogP contribution >= 0.6 is 0 Å². The van der Waals surface area contributed by atoms with Crippen LogP contribution in [0.3, 0.4) is 0 Å². The second-order valence-corrected chi connectivity index (χ2v) is 8.79. The molecule has 0 bridgehead atoms. The lowest BCUT2D eigenvalue weighted by Gasteiger charge is -2.23. The highest BCUT2D eigenvalue weighted by atomic mass is 32.2. The molecule has 1 aliphatic heterocycles. The van der Waals surface area contributed by atoms with Crippen molar-refractivity contribution in [3.05, 3.63) is 82.3 Å². The maximum absolute atomic E-state index is 13.7. The molecule has 30 heavy (non-hydrogen) atoms. The quantitative estimate of drug-likeness (QED) is 0.636. The van der Waals surface area contributed by atoms with E-state index in [0.717, 1.165) is 18.4 Å². The van der Waals surface area contributed by atoms with Crippen molar-refractivity contribution < 1.29 is 17.2 Å². The fourth-order valence-electron chi connectivity index (χ4n) is 3.17. The maximum Gasteiger partial charge on any atom is 0.205 e. The van der Waals surface area contributed by atoms with Crippen LogP contribution in [0.2, 0.25) is 0 Å². The van der Waals surface area contributed by atoms with Gasteiger partial charge in [-0.2, -0.15) is 10.2 Å². The Kier molecular flexibility index (Phi) is 4.94. The lowest BCUT2D eigenvalue weighted by Crippen LogP contribution is -2.27. The lowest BCUT2D eigenvalue weighted by molar-refractivity contribution is 0.507. The molecule has 3 aromatic rings. The van der Waals surface area contributed by atoms with Crippen LogP contribution in [0, 0.1) is 11.6 Å². The molecular formula is C20H16F2N4O3S. The van der Waals surface area contributed by atoms with Crippen LogP contribution < -0.4 is 10.4 Å². The van der Waals surface area contributed by atoms with E-state index in [4.69, 9.17) is 0 Å². The second-order valence-electron chi connectivity index (χ2n) is 6.77. The highest BCUT2D eigenvalue weighted by Crippen LogP contribution is 2.31. The largest absolute Gasteiger partial charge is 0.288 e. The Balaban J connectivity index is 1.75. The number of halogens is 2. The van der Waals surface area contributed by atoms with Gasteiger partial charge in [-0.05, 0) is 30.3 Å². The molecule has 7 nitrogen and oxygen atoms in total. The molecule has 2 heterocycles. The smallest absolute Gasteiger partial charge is 0.205 e. The van der Waals surface area contributed by atoms with Crippen molar-refractivity contribution >= 4 is 21.7 Å². The highest BCUT2D eigenvalue weighted by Gasteiger charge is 2.28.